The van der Waals surface area contributed by atoms with Crippen LogP contribution >= 0.6 is 0 Å². The third-order valence-corrected chi connectivity index (χ3v) is 6.64. The maximum atomic E-state index is 13.8. The first-order valence-corrected chi connectivity index (χ1v) is 11.3. The van der Waals surface area contributed by atoms with Crippen LogP contribution in [-0.4, -0.2) is 75.2 Å². The van der Waals surface area contributed by atoms with E-state index in [0.717, 1.165) is 44.6 Å². The second-order valence-corrected chi connectivity index (χ2v) is 8.67. The lowest BCUT2D eigenvalue weighted by atomic mass is 10.2. The van der Waals surface area contributed by atoms with Gasteiger partial charge in [-0.25, -0.2) is 12.8 Å². The Morgan fingerprint density at radius 3 is 2.63 bits per heavy atom. The fraction of sp³-hybridized carbons (Fsp3) is 0.632. The number of rotatable bonds is 8. The number of benzene rings is 1. The number of halogens is 1. The second kappa shape index (κ2) is 10.0. The molecular formula is C19H31FN4O2S. The molecule has 1 heterocycles. The molecule has 27 heavy (non-hydrogen) atoms. The van der Waals surface area contributed by atoms with E-state index in [2.05, 4.69) is 34.0 Å². The Hall–Kier alpha value is -1.67. The molecule has 0 aromatic heterocycles. The van der Waals surface area contributed by atoms with Crippen molar-refractivity contribution in [1.29, 1.82) is 0 Å². The standard InChI is InChI=1S/C19H31FN4O2S/c1-4-21-19(24-13-11-16(15-24)23(5-2)6-3)22-12-14-27(25,26)18-10-8-7-9-17(18)20/h7-10,16H,4-6,11-15H2,1-3H3,(H,21,22). The van der Waals surface area contributed by atoms with E-state index in [9.17, 15) is 12.8 Å². The molecule has 1 aliphatic heterocycles. The largest absolute Gasteiger partial charge is 0.357 e. The molecule has 152 valence electrons. The van der Waals surface area contributed by atoms with Crippen LogP contribution < -0.4 is 5.32 Å². The normalized spacial score (nSPS) is 18.3. The van der Waals surface area contributed by atoms with Gasteiger partial charge in [-0.05, 0) is 38.6 Å². The first-order chi connectivity index (χ1) is 12.9. The van der Waals surface area contributed by atoms with Crippen LogP contribution in [0, 0.1) is 5.82 Å². The van der Waals surface area contributed by atoms with Gasteiger partial charge in [0.2, 0.25) is 0 Å². The van der Waals surface area contributed by atoms with Gasteiger partial charge in [0.05, 0.1) is 12.3 Å². The van der Waals surface area contributed by atoms with E-state index in [1.165, 1.54) is 18.2 Å². The summed E-state index contributed by atoms with van der Waals surface area (Å²) >= 11 is 0. The summed E-state index contributed by atoms with van der Waals surface area (Å²) in [6, 6.07) is 5.97. The van der Waals surface area contributed by atoms with E-state index in [1.54, 1.807) is 0 Å². The topological polar surface area (TPSA) is 65.0 Å². The first kappa shape index (κ1) is 21.6. The molecular weight excluding hydrogens is 367 g/mol. The molecule has 0 bridgehead atoms. The van der Waals surface area contributed by atoms with E-state index < -0.39 is 15.7 Å². The van der Waals surface area contributed by atoms with Crippen LogP contribution in [-0.2, 0) is 9.84 Å². The maximum Gasteiger partial charge on any atom is 0.194 e. The fourth-order valence-corrected chi connectivity index (χ4v) is 4.68. The zero-order valence-electron chi connectivity index (χ0n) is 16.5. The molecule has 0 amide bonds. The van der Waals surface area contributed by atoms with E-state index in [0.29, 0.717) is 12.6 Å². The van der Waals surface area contributed by atoms with E-state index in [-0.39, 0.29) is 17.2 Å². The van der Waals surface area contributed by atoms with Gasteiger partial charge in [-0.15, -0.1) is 0 Å². The van der Waals surface area contributed by atoms with Crippen molar-refractivity contribution in [1.82, 2.24) is 15.1 Å². The summed E-state index contributed by atoms with van der Waals surface area (Å²) in [5.74, 6) is -0.193. The van der Waals surface area contributed by atoms with Crippen LogP contribution in [0.4, 0.5) is 4.39 Å². The Morgan fingerprint density at radius 2 is 2.00 bits per heavy atom. The van der Waals surface area contributed by atoms with Crippen LogP contribution in [0.3, 0.4) is 0 Å². The van der Waals surface area contributed by atoms with Crippen molar-refractivity contribution in [2.24, 2.45) is 4.99 Å². The lowest BCUT2D eigenvalue weighted by molar-refractivity contribution is 0.223. The molecule has 6 nitrogen and oxygen atoms in total. The highest BCUT2D eigenvalue weighted by Crippen LogP contribution is 2.17. The second-order valence-electron chi connectivity index (χ2n) is 6.59. The molecule has 0 spiro atoms. The van der Waals surface area contributed by atoms with Crippen LogP contribution in [0.5, 0.6) is 0 Å². The minimum absolute atomic E-state index is 0.103. The molecule has 1 saturated heterocycles. The van der Waals surface area contributed by atoms with Gasteiger partial charge < -0.3 is 10.2 Å². The van der Waals surface area contributed by atoms with E-state index in [1.807, 2.05) is 6.92 Å². The fourth-order valence-electron chi connectivity index (χ4n) is 3.48. The number of aliphatic imine (C=N–C) groups is 1. The highest BCUT2D eigenvalue weighted by molar-refractivity contribution is 7.91. The zero-order valence-corrected chi connectivity index (χ0v) is 17.3. The van der Waals surface area contributed by atoms with Gasteiger partial charge in [0.15, 0.2) is 15.8 Å². The van der Waals surface area contributed by atoms with Crippen LogP contribution in [0.15, 0.2) is 34.2 Å². The third-order valence-electron chi connectivity index (χ3n) is 4.92. The van der Waals surface area contributed by atoms with Crippen molar-refractivity contribution in [3.8, 4) is 0 Å². The van der Waals surface area contributed by atoms with Crippen molar-refractivity contribution in [2.75, 3.05) is 45.0 Å². The van der Waals surface area contributed by atoms with Crippen molar-refractivity contribution in [3.63, 3.8) is 0 Å². The number of nitrogens with one attached hydrogen (secondary N) is 1. The summed E-state index contributed by atoms with van der Waals surface area (Å²) in [4.78, 5) is 8.86. The minimum Gasteiger partial charge on any atom is -0.357 e. The SMILES string of the molecule is CCNC(=NCCS(=O)(=O)c1ccccc1F)N1CCC(N(CC)CC)C1. The summed E-state index contributed by atoms with van der Waals surface area (Å²) in [7, 11) is -3.69. The molecule has 2 rings (SSSR count). The smallest absolute Gasteiger partial charge is 0.194 e. The monoisotopic (exact) mass is 398 g/mol. The van der Waals surface area contributed by atoms with Gasteiger partial charge in [0.25, 0.3) is 0 Å². The summed E-state index contributed by atoms with van der Waals surface area (Å²) in [6.07, 6.45) is 1.07. The van der Waals surface area contributed by atoms with Crippen molar-refractivity contribution < 1.29 is 12.8 Å². The van der Waals surface area contributed by atoms with Gasteiger partial charge in [0, 0.05) is 25.7 Å². The van der Waals surface area contributed by atoms with E-state index >= 15 is 0 Å². The summed E-state index contributed by atoms with van der Waals surface area (Å²) in [5, 5.41) is 3.25. The maximum absolute atomic E-state index is 13.8. The molecule has 0 radical (unpaired) electrons. The Labute approximate surface area is 162 Å². The highest BCUT2D eigenvalue weighted by atomic mass is 32.2. The van der Waals surface area contributed by atoms with Gasteiger partial charge in [-0.1, -0.05) is 26.0 Å². The summed E-state index contributed by atoms with van der Waals surface area (Å²) < 4.78 is 38.5. The quantitative estimate of drug-likeness (QED) is 0.536. The summed E-state index contributed by atoms with van der Waals surface area (Å²) in [6.45, 7) is 11.0. The third kappa shape index (κ3) is 5.65. The number of hydrogen-bond donors (Lipinski definition) is 1. The van der Waals surface area contributed by atoms with Crippen molar-refractivity contribution in [2.45, 2.75) is 38.1 Å². The van der Waals surface area contributed by atoms with Crippen LogP contribution in [0.25, 0.3) is 0 Å². The Bertz CT molecular complexity index is 735. The average Bonchev–Trinajstić information content (AvgIpc) is 3.12. The number of likely N-dealkylation sites (N-methyl/N-ethyl adjacent to an activating group) is 1. The molecule has 0 aliphatic carbocycles. The Balaban J connectivity index is 2.03. The lowest BCUT2D eigenvalue weighted by Crippen LogP contribution is -2.43. The predicted octanol–water partition coefficient (Wildman–Crippen LogP) is 1.98. The number of hydrogen-bond acceptors (Lipinski definition) is 4. The van der Waals surface area contributed by atoms with Crippen LogP contribution in [0.1, 0.15) is 27.2 Å². The first-order valence-electron chi connectivity index (χ1n) is 9.67. The van der Waals surface area contributed by atoms with Crippen LogP contribution in [0.2, 0.25) is 0 Å². The molecule has 1 atom stereocenters. The number of nitrogens with zero attached hydrogens (tertiary/aromatic N) is 3. The molecule has 0 saturated carbocycles. The molecule has 1 aliphatic rings. The number of likely N-dealkylation sites (tertiary alicyclic amines) is 1. The zero-order chi connectivity index (χ0) is 19.9. The average molecular weight is 399 g/mol. The van der Waals surface area contributed by atoms with Crippen molar-refractivity contribution in [3.05, 3.63) is 30.1 Å². The highest BCUT2D eigenvalue weighted by Gasteiger charge is 2.28. The molecule has 1 fully saturated rings. The lowest BCUT2D eigenvalue weighted by Gasteiger charge is -2.27. The number of sulfone groups is 1. The Kier molecular flexibility index (Phi) is 8.04. The molecule has 1 unspecified atom stereocenters. The van der Waals surface area contributed by atoms with Gasteiger partial charge in [-0.2, -0.15) is 0 Å². The summed E-state index contributed by atoms with van der Waals surface area (Å²) in [5.41, 5.74) is 0. The predicted molar refractivity (Wildman–Crippen MR) is 107 cm³/mol. The molecule has 1 aromatic carbocycles. The minimum atomic E-state index is -3.69. The van der Waals surface area contributed by atoms with Gasteiger partial charge in [0.1, 0.15) is 10.7 Å². The van der Waals surface area contributed by atoms with Crippen molar-refractivity contribution >= 4 is 15.8 Å². The van der Waals surface area contributed by atoms with Gasteiger partial charge in [-0.3, -0.25) is 9.89 Å². The molecule has 1 aromatic rings. The Morgan fingerprint density at radius 1 is 1.30 bits per heavy atom. The molecule has 8 heteroatoms. The van der Waals surface area contributed by atoms with E-state index in [4.69, 9.17) is 0 Å². The number of guanidine groups is 1. The van der Waals surface area contributed by atoms with Gasteiger partial charge >= 0.3 is 0 Å². The molecule has 1 N–H and O–H groups in total.